The zero-order chi connectivity index (χ0) is 21.1. The maximum absolute atomic E-state index is 12.8. The monoisotopic (exact) mass is 452 g/mol. The van der Waals surface area contributed by atoms with Crippen LogP contribution in [0.25, 0.3) is 0 Å². The summed E-state index contributed by atoms with van der Waals surface area (Å²) >= 11 is 18.0. The fourth-order valence-electron chi connectivity index (χ4n) is 2.64. The predicted molar refractivity (Wildman–Crippen MR) is 112 cm³/mol. The molecule has 2 aromatic rings. The molecule has 6 nitrogen and oxygen atoms in total. The topological polar surface area (TPSA) is 75.7 Å². The van der Waals surface area contributed by atoms with Gasteiger partial charge in [0, 0.05) is 15.7 Å². The largest absolute Gasteiger partial charge is 0.462 e. The number of anilines is 2. The Labute approximate surface area is 182 Å². The van der Waals surface area contributed by atoms with Crippen molar-refractivity contribution >= 4 is 64.0 Å². The lowest BCUT2D eigenvalue weighted by atomic mass is 10.2. The van der Waals surface area contributed by atoms with Crippen LogP contribution in [0.15, 0.2) is 53.2 Å². The number of nitrogens with zero attached hydrogens (tertiary/aromatic N) is 1. The van der Waals surface area contributed by atoms with Crippen molar-refractivity contribution in [2.24, 2.45) is 0 Å². The molecule has 29 heavy (non-hydrogen) atoms. The highest BCUT2D eigenvalue weighted by Crippen LogP contribution is 2.31. The summed E-state index contributed by atoms with van der Waals surface area (Å²) in [7, 11) is 0. The molecule has 0 saturated carbocycles. The van der Waals surface area contributed by atoms with Gasteiger partial charge in [0.2, 0.25) is 0 Å². The summed E-state index contributed by atoms with van der Waals surface area (Å²) in [5.41, 5.74) is 0.896. The molecule has 0 atom stereocenters. The zero-order valence-corrected chi connectivity index (χ0v) is 17.4. The molecule has 2 aromatic carbocycles. The number of hydrogen-bond donors (Lipinski definition) is 1. The Balaban J connectivity index is 1.81. The van der Waals surface area contributed by atoms with Crippen molar-refractivity contribution in [1.82, 2.24) is 0 Å². The molecule has 9 heteroatoms. The number of rotatable bonds is 6. The summed E-state index contributed by atoms with van der Waals surface area (Å²) < 4.78 is 5.06. The van der Waals surface area contributed by atoms with Crippen LogP contribution in [0.1, 0.15) is 23.7 Å². The molecule has 0 saturated heterocycles. The van der Waals surface area contributed by atoms with E-state index in [1.165, 1.54) is 30.3 Å². The van der Waals surface area contributed by atoms with Gasteiger partial charge in [0.15, 0.2) is 0 Å². The smallest absolute Gasteiger partial charge is 0.338 e. The maximum Gasteiger partial charge on any atom is 0.338 e. The van der Waals surface area contributed by atoms with E-state index in [9.17, 15) is 14.4 Å². The minimum Gasteiger partial charge on any atom is -0.462 e. The van der Waals surface area contributed by atoms with Crippen molar-refractivity contribution in [3.63, 3.8) is 0 Å². The molecular weight excluding hydrogens is 439 g/mol. The van der Waals surface area contributed by atoms with Crippen LogP contribution < -0.4 is 10.2 Å². The van der Waals surface area contributed by atoms with Crippen LogP contribution in [0.2, 0.25) is 10.0 Å². The van der Waals surface area contributed by atoms with E-state index in [0.29, 0.717) is 34.3 Å². The molecule has 150 valence electrons. The third kappa shape index (κ3) is 4.56. The average molecular weight is 454 g/mol. The Kier molecular flexibility index (Phi) is 6.47. The van der Waals surface area contributed by atoms with Crippen LogP contribution in [0.3, 0.4) is 0 Å². The lowest BCUT2D eigenvalue weighted by molar-refractivity contribution is -0.120. The molecule has 2 amide bonds. The van der Waals surface area contributed by atoms with Crippen LogP contribution in [-0.2, 0) is 14.3 Å². The van der Waals surface area contributed by atoms with Gasteiger partial charge in [-0.25, -0.2) is 9.69 Å². The fraction of sp³-hybridized carbons (Fsp3) is 0.150. The third-order valence-corrected chi connectivity index (χ3v) is 4.74. The van der Waals surface area contributed by atoms with Crippen molar-refractivity contribution in [1.29, 1.82) is 0 Å². The number of amides is 2. The van der Waals surface area contributed by atoms with Crippen molar-refractivity contribution in [2.75, 3.05) is 16.8 Å². The highest BCUT2D eigenvalue weighted by Gasteiger charge is 2.39. The van der Waals surface area contributed by atoms with Crippen molar-refractivity contribution in [3.8, 4) is 0 Å². The van der Waals surface area contributed by atoms with Gasteiger partial charge in [-0.05, 0) is 48.9 Å². The van der Waals surface area contributed by atoms with Crippen molar-refractivity contribution in [3.05, 3.63) is 68.8 Å². The number of carbonyl (C=O) groups excluding carboxylic acids is 3. The van der Waals surface area contributed by atoms with Gasteiger partial charge < -0.3 is 10.1 Å². The highest BCUT2D eigenvalue weighted by molar-refractivity contribution is 6.53. The van der Waals surface area contributed by atoms with E-state index in [1.807, 2.05) is 6.92 Å². The molecule has 3 rings (SSSR count). The molecule has 0 bridgehead atoms. The summed E-state index contributed by atoms with van der Waals surface area (Å²) in [6.07, 6.45) is 0.707. The molecule has 1 aliphatic heterocycles. The molecule has 1 N–H and O–H groups in total. The predicted octanol–water partition coefficient (Wildman–Crippen LogP) is 5.00. The second-order valence-corrected chi connectivity index (χ2v) is 7.35. The van der Waals surface area contributed by atoms with Crippen LogP contribution in [0, 0.1) is 0 Å². The van der Waals surface area contributed by atoms with Gasteiger partial charge in [-0.1, -0.05) is 41.7 Å². The van der Waals surface area contributed by atoms with Crippen LogP contribution in [0.4, 0.5) is 11.4 Å². The third-order valence-electron chi connectivity index (χ3n) is 3.96. The molecule has 0 aromatic heterocycles. The number of halogens is 3. The average Bonchev–Trinajstić information content (AvgIpc) is 2.89. The van der Waals surface area contributed by atoms with Crippen molar-refractivity contribution < 1.29 is 19.1 Å². The number of hydrogen-bond acceptors (Lipinski definition) is 5. The number of esters is 1. The molecule has 1 heterocycles. The Hall–Kier alpha value is -2.54. The van der Waals surface area contributed by atoms with Gasteiger partial charge in [0.05, 0.1) is 17.9 Å². The quantitative estimate of drug-likeness (QED) is 0.492. The lowest BCUT2D eigenvalue weighted by Crippen LogP contribution is -2.32. The number of nitrogens with one attached hydrogen (secondary N) is 1. The van der Waals surface area contributed by atoms with E-state index in [1.54, 1.807) is 12.1 Å². The lowest BCUT2D eigenvalue weighted by Gasteiger charge is -2.15. The van der Waals surface area contributed by atoms with Gasteiger partial charge in [0.25, 0.3) is 11.8 Å². The van der Waals surface area contributed by atoms with E-state index in [0.717, 1.165) is 4.90 Å². The number of ether oxygens (including phenoxy) is 1. The molecule has 0 spiro atoms. The first-order valence-corrected chi connectivity index (χ1v) is 9.74. The first-order valence-electron chi connectivity index (χ1n) is 8.60. The summed E-state index contributed by atoms with van der Waals surface area (Å²) in [6.45, 7) is 2.20. The maximum atomic E-state index is 12.8. The Morgan fingerprint density at radius 2 is 1.62 bits per heavy atom. The number of carbonyl (C=O) groups is 3. The van der Waals surface area contributed by atoms with E-state index in [4.69, 9.17) is 39.5 Å². The summed E-state index contributed by atoms with van der Waals surface area (Å²) in [5, 5.41) is 3.25. The number of imide groups is 1. The molecule has 0 aliphatic carbocycles. The van der Waals surface area contributed by atoms with Gasteiger partial charge in [-0.3, -0.25) is 9.59 Å². The Bertz CT molecular complexity index is 999. The summed E-state index contributed by atoms with van der Waals surface area (Å²) in [6, 6.07) is 10.5. The standard InChI is InChI=1S/C20H15Cl3N2O4/c1-2-7-29-20(28)11-3-5-15(6-4-11)25-18(26)16(23)17(19(25)27)24-14-9-12(21)8-13(22)10-14/h3-6,8-10,24H,2,7H2,1H3. The van der Waals surface area contributed by atoms with E-state index < -0.39 is 17.8 Å². The zero-order valence-electron chi connectivity index (χ0n) is 15.2. The minimum atomic E-state index is -0.686. The fourth-order valence-corrected chi connectivity index (χ4v) is 3.38. The Morgan fingerprint density at radius 3 is 2.21 bits per heavy atom. The summed E-state index contributed by atoms with van der Waals surface area (Å²) in [5.74, 6) is -1.81. The van der Waals surface area contributed by atoms with Gasteiger partial charge in [-0.15, -0.1) is 0 Å². The Morgan fingerprint density at radius 1 is 1.00 bits per heavy atom. The molecule has 1 aliphatic rings. The van der Waals surface area contributed by atoms with Crippen LogP contribution in [-0.4, -0.2) is 24.4 Å². The molecular formula is C20H15Cl3N2O4. The SMILES string of the molecule is CCCOC(=O)c1ccc(N2C(=O)C(Cl)=C(Nc3cc(Cl)cc(Cl)c3)C2=O)cc1. The normalized spacial score (nSPS) is 13.9. The second kappa shape index (κ2) is 8.86. The van der Waals surface area contributed by atoms with E-state index in [-0.39, 0.29) is 16.4 Å². The first-order chi connectivity index (χ1) is 13.8. The second-order valence-electron chi connectivity index (χ2n) is 6.10. The van der Waals surface area contributed by atoms with Gasteiger partial charge in [0.1, 0.15) is 10.7 Å². The first kappa shape index (κ1) is 21.2. The number of benzene rings is 2. The molecule has 0 unspecified atom stereocenters. The van der Waals surface area contributed by atoms with Gasteiger partial charge in [-0.2, -0.15) is 0 Å². The molecule has 0 fully saturated rings. The van der Waals surface area contributed by atoms with E-state index in [2.05, 4.69) is 5.32 Å². The minimum absolute atomic E-state index is 0.0959. The highest BCUT2D eigenvalue weighted by atomic mass is 35.5. The van der Waals surface area contributed by atoms with Crippen LogP contribution >= 0.6 is 34.8 Å². The summed E-state index contributed by atoms with van der Waals surface area (Å²) in [4.78, 5) is 38.2. The molecule has 0 radical (unpaired) electrons. The van der Waals surface area contributed by atoms with Crippen molar-refractivity contribution in [2.45, 2.75) is 13.3 Å². The van der Waals surface area contributed by atoms with E-state index >= 15 is 0 Å². The van der Waals surface area contributed by atoms with Gasteiger partial charge >= 0.3 is 5.97 Å². The van der Waals surface area contributed by atoms with Crippen LogP contribution in [0.5, 0.6) is 0 Å².